The second kappa shape index (κ2) is 10.8. The van der Waals surface area contributed by atoms with Crippen molar-refractivity contribution in [1.82, 2.24) is 5.32 Å². The molecule has 0 spiro atoms. The van der Waals surface area contributed by atoms with Crippen LogP contribution in [0.1, 0.15) is 45.1 Å². The molecule has 2 rings (SSSR count). The fourth-order valence-electron chi connectivity index (χ4n) is 3.10. The normalized spacial score (nSPS) is 19.0. The number of hydrogen-bond donors (Lipinski definition) is 1. The van der Waals surface area contributed by atoms with Gasteiger partial charge in [-0.25, -0.2) is 0 Å². The van der Waals surface area contributed by atoms with E-state index in [9.17, 15) is 14.9 Å². The summed E-state index contributed by atoms with van der Waals surface area (Å²) < 4.78 is 10.9. The third kappa shape index (κ3) is 4.87. The summed E-state index contributed by atoms with van der Waals surface area (Å²) in [6.07, 6.45) is 1.97. The van der Waals surface area contributed by atoms with Gasteiger partial charge in [-0.05, 0) is 32.1 Å². The van der Waals surface area contributed by atoms with E-state index in [0.29, 0.717) is 28.5 Å². The minimum absolute atomic E-state index is 0.159. The zero-order chi connectivity index (χ0) is 20.5. The van der Waals surface area contributed by atoms with E-state index in [4.69, 9.17) is 9.47 Å². The first-order valence-corrected chi connectivity index (χ1v) is 10.5. The van der Waals surface area contributed by atoms with Gasteiger partial charge in [-0.2, -0.15) is 5.26 Å². The van der Waals surface area contributed by atoms with Crippen LogP contribution in [0.5, 0.6) is 5.75 Å². The molecule has 0 fully saturated rings. The Kier molecular flexibility index (Phi) is 8.40. The Bertz CT molecular complexity index is 785. The lowest BCUT2D eigenvalue weighted by Gasteiger charge is -2.32. The highest BCUT2D eigenvalue weighted by atomic mass is 32.2. The van der Waals surface area contributed by atoms with Crippen molar-refractivity contribution in [3.8, 4) is 11.8 Å². The molecule has 2 atom stereocenters. The Morgan fingerprint density at radius 1 is 1.25 bits per heavy atom. The molecule has 1 heterocycles. The smallest absolute Gasteiger partial charge is 0.319 e. The zero-order valence-electron chi connectivity index (χ0n) is 16.5. The van der Waals surface area contributed by atoms with E-state index in [2.05, 4.69) is 18.3 Å². The molecular weight excluding hydrogens is 376 g/mol. The molecule has 1 aromatic rings. The summed E-state index contributed by atoms with van der Waals surface area (Å²) in [6, 6.07) is 9.44. The molecule has 1 aromatic carbocycles. The van der Waals surface area contributed by atoms with Gasteiger partial charge in [-0.3, -0.25) is 9.59 Å². The molecule has 0 saturated heterocycles. The summed E-state index contributed by atoms with van der Waals surface area (Å²) >= 11 is 1.44. The molecule has 1 N–H and O–H groups in total. The fraction of sp³-hybridized carbons (Fsp3) is 0.476. The Morgan fingerprint density at radius 2 is 2.00 bits per heavy atom. The fourth-order valence-corrected chi connectivity index (χ4v) is 4.24. The first-order chi connectivity index (χ1) is 13.6. The number of nitrogens with zero attached hydrogens (tertiary/aromatic N) is 1. The highest BCUT2D eigenvalue weighted by Gasteiger charge is 2.45. The Hall–Kier alpha value is -2.46. The van der Waals surface area contributed by atoms with Crippen molar-refractivity contribution in [3.63, 3.8) is 0 Å². The number of ether oxygens (including phenoxy) is 2. The van der Waals surface area contributed by atoms with Crippen molar-refractivity contribution in [2.24, 2.45) is 5.92 Å². The second-order valence-electron chi connectivity index (χ2n) is 6.22. The number of nitrogens with one attached hydrogen (secondary N) is 1. The van der Waals surface area contributed by atoms with Gasteiger partial charge in [0.25, 0.3) is 0 Å². The maximum absolute atomic E-state index is 12.9. The number of esters is 1. The number of nitriles is 1. The minimum atomic E-state index is -1.13. The first-order valence-electron chi connectivity index (χ1n) is 9.55. The van der Waals surface area contributed by atoms with E-state index in [0.717, 1.165) is 18.6 Å². The number of para-hydroxylation sites is 1. The molecule has 0 unspecified atom stereocenters. The van der Waals surface area contributed by atoms with Gasteiger partial charge in [0.1, 0.15) is 11.7 Å². The third-order valence-corrected chi connectivity index (χ3v) is 5.47. The van der Waals surface area contributed by atoms with E-state index in [1.165, 1.54) is 11.8 Å². The summed E-state index contributed by atoms with van der Waals surface area (Å²) in [7, 11) is 0. The van der Waals surface area contributed by atoms with Crippen molar-refractivity contribution >= 4 is 23.6 Å². The van der Waals surface area contributed by atoms with Crippen LogP contribution >= 0.6 is 11.8 Å². The zero-order valence-corrected chi connectivity index (χ0v) is 17.3. The number of carbonyl (C=O) groups excluding carboxylic acids is 2. The van der Waals surface area contributed by atoms with Crippen LogP contribution in [-0.4, -0.2) is 30.8 Å². The standard InChI is InChI=1S/C21H26N2O4S/c1-4-7-12-28-20-15(13-22)17(14-10-8-9-11-16(14)26-5-2)18(19(24)23-20)21(25)27-6-3/h8-11,17-18H,4-7,12H2,1-3H3,(H,23,24)/t17-,18-/m1/s1. The third-order valence-electron chi connectivity index (χ3n) is 4.37. The predicted molar refractivity (Wildman–Crippen MR) is 109 cm³/mol. The highest BCUT2D eigenvalue weighted by molar-refractivity contribution is 8.03. The summed E-state index contributed by atoms with van der Waals surface area (Å²) in [5.41, 5.74) is 1.01. The summed E-state index contributed by atoms with van der Waals surface area (Å²) in [5.74, 6) is -1.63. The van der Waals surface area contributed by atoms with Crippen LogP contribution in [0.2, 0.25) is 0 Å². The molecule has 0 saturated carbocycles. The van der Waals surface area contributed by atoms with Crippen LogP contribution in [0.4, 0.5) is 0 Å². The van der Waals surface area contributed by atoms with Crippen LogP contribution in [0.15, 0.2) is 34.9 Å². The van der Waals surface area contributed by atoms with Gasteiger partial charge in [0, 0.05) is 11.5 Å². The SMILES string of the molecule is CCCCSC1=C(C#N)[C@@H](c2ccccc2OCC)[C@@H](C(=O)OCC)C(=O)N1. The first kappa shape index (κ1) is 21.8. The lowest BCUT2D eigenvalue weighted by molar-refractivity contribution is -0.152. The second-order valence-corrected chi connectivity index (χ2v) is 7.33. The van der Waals surface area contributed by atoms with Crippen molar-refractivity contribution in [2.75, 3.05) is 19.0 Å². The van der Waals surface area contributed by atoms with Gasteiger partial charge in [-0.15, -0.1) is 11.8 Å². The molecule has 1 amide bonds. The maximum Gasteiger partial charge on any atom is 0.319 e. The Labute approximate surface area is 170 Å². The lowest BCUT2D eigenvalue weighted by Crippen LogP contribution is -2.44. The van der Waals surface area contributed by atoms with Crippen LogP contribution in [-0.2, 0) is 14.3 Å². The van der Waals surface area contributed by atoms with Crippen molar-refractivity contribution in [3.05, 3.63) is 40.4 Å². The predicted octanol–water partition coefficient (Wildman–Crippen LogP) is 3.75. The van der Waals surface area contributed by atoms with Gasteiger partial charge in [0.2, 0.25) is 5.91 Å². The number of rotatable bonds is 9. The largest absolute Gasteiger partial charge is 0.494 e. The highest BCUT2D eigenvalue weighted by Crippen LogP contribution is 2.43. The van der Waals surface area contributed by atoms with Gasteiger partial charge < -0.3 is 14.8 Å². The molecule has 0 radical (unpaired) electrons. The van der Waals surface area contributed by atoms with Gasteiger partial charge in [0.05, 0.1) is 29.9 Å². The Balaban J connectivity index is 2.59. The molecule has 1 aliphatic rings. The average Bonchev–Trinajstić information content (AvgIpc) is 2.68. The van der Waals surface area contributed by atoms with Crippen molar-refractivity contribution < 1.29 is 19.1 Å². The number of allylic oxidation sites excluding steroid dienone is 1. The molecule has 150 valence electrons. The number of unbranched alkanes of at least 4 members (excludes halogenated alkanes) is 1. The van der Waals surface area contributed by atoms with Crippen LogP contribution in [0.3, 0.4) is 0 Å². The average molecular weight is 403 g/mol. The molecular formula is C21H26N2O4S. The molecule has 28 heavy (non-hydrogen) atoms. The summed E-state index contributed by atoms with van der Waals surface area (Å²) in [5, 5.41) is 13.2. The van der Waals surface area contributed by atoms with Gasteiger partial charge in [0.15, 0.2) is 0 Å². The Morgan fingerprint density at radius 3 is 2.64 bits per heavy atom. The maximum atomic E-state index is 12.9. The van der Waals surface area contributed by atoms with Crippen LogP contribution < -0.4 is 10.1 Å². The minimum Gasteiger partial charge on any atom is -0.494 e. The topological polar surface area (TPSA) is 88.4 Å². The molecule has 0 aliphatic carbocycles. The van der Waals surface area contributed by atoms with Crippen LogP contribution in [0, 0.1) is 17.2 Å². The van der Waals surface area contributed by atoms with Gasteiger partial charge >= 0.3 is 5.97 Å². The number of hydrogen-bond acceptors (Lipinski definition) is 6. The summed E-state index contributed by atoms with van der Waals surface area (Å²) in [6.45, 7) is 6.22. The number of benzene rings is 1. The van der Waals surface area contributed by atoms with E-state index in [1.807, 2.05) is 19.1 Å². The van der Waals surface area contributed by atoms with Crippen LogP contribution in [0.25, 0.3) is 0 Å². The molecule has 6 nitrogen and oxygen atoms in total. The van der Waals surface area contributed by atoms with Crippen molar-refractivity contribution in [1.29, 1.82) is 5.26 Å². The van der Waals surface area contributed by atoms with E-state index < -0.39 is 23.7 Å². The number of thioether (sulfide) groups is 1. The number of amides is 1. The van der Waals surface area contributed by atoms with Gasteiger partial charge in [-0.1, -0.05) is 31.5 Å². The molecule has 7 heteroatoms. The van der Waals surface area contributed by atoms with E-state index >= 15 is 0 Å². The van der Waals surface area contributed by atoms with E-state index in [-0.39, 0.29) is 6.61 Å². The quantitative estimate of drug-likeness (QED) is 0.384. The molecule has 0 bridgehead atoms. The summed E-state index contributed by atoms with van der Waals surface area (Å²) in [4.78, 5) is 25.5. The molecule has 0 aromatic heterocycles. The van der Waals surface area contributed by atoms with Crippen molar-refractivity contribution in [2.45, 2.75) is 39.5 Å². The monoisotopic (exact) mass is 402 g/mol. The lowest BCUT2D eigenvalue weighted by atomic mass is 9.78. The molecule has 1 aliphatic heterocycles. The van der Waals surface area contributed by atoms with E-state index in [1.54, 1.807) is 19.1 Å². The number of carbonyl (C=O) groups is 2.